The Hall–Kier alpha value is -0.900. The lowest BCUT2D eigenvalue weighted by atomic mass is 10.2. The highest BCUT2D eigenvalue weighted by Crippen LogP contribution is 2.23. The number of thiazole rings is 1. The molecule has 2 aromatic rings. The Morgan fingerprint density at radius 3 is 2.67 bits per heavy atom. The number of rotatable bonds is 3. The molecule has 2 nitrogen and oxygen atoms in total. The third kappa shape index (κ3) is 2.56. The van der Waals surface area contributed by atoms with Gasteiger partial charge >= 0.3 is 0 Å². The topological polar surface area (TPSA) is 40.5 Å². The summed E-state index contributed by atoms with van der Waals surface area (Å²) in [7, 11) is 0. The van der Waals surface area contributed by atoms with E-state index in [1.54, 1.807) is 11.3 Å². The zero-order chi connectivity index (χ0) is 10.7. The quantitative estimate of drug-likeness (QED) is 0.877. The Balaban J connectivity index is 2.25. The molecule has 0 atom stereocenters. The SMILES string of the molecule is [NH3+]CCc1nc(-c2ccc(Cl)cc2)cs1. The first-order valence-corrected chi connectivity index (χ1v) is 6.05. The van der Waals surface area contributed by atoms with Gasteiger partial charge in [-0.3, -0.25) is 0 Å². The van der Waals surface area contributed by atoms with Gasteiger partial charge in [-0.15, -0.1) is 11.3 Å². The number of hydrogen-bond donors (Lipinski definition) is 1. The molecule has 0 unspecified atom stereocenters. The third-order valence-corrected chi connectivity index (χ3v) is 3.24. The highest BCUT2D eigenvalue weighted by atomic mass is 35.5. The minimum atomic E-state index is 0.756. The van der Waals surface area contributed by atoms with Gasteiger partial charge in [-0.05, 0) is 12.1 Å². The minimum Gasteiger partial charge on any atom is -0.357 e. The lowest BCUT2D eigenvalue weighted by Gasteiger charge is -1.95. The molecule has 0 fully saturated rings. The smallest absolute Gasteiger partial charge is 0.0988 e. The Morgan fingerprint density at radius 2 is 2.00 bits per heavy atom. The molecule has 15 heavy (non-hydrogen) atoms. The van der Waals surface area contributed by atoms with Crippen molar-refractivity contribution in [3.8, 4) is 11.3 Å². The van der Waals surface area contributed by atoms with E-state index in [0.717, 1.165) is 34.3 Å². The summed E-state index contributed by atoms with van der Waals surface area (Å²) in [5.74, 6) is 0. The Morgan fingerprint density at radius 1 is 1.27 bits per heavy atom. The van der Waals surface area contributed by atoms with Crippen molar-refractivity contribution in [2.24, 2.45) is 0 Å². The summed E-state index contributed by atoms with van der Waals surface area (Å²) in [5.41, 5.74) is 5.97. The zero-order valence-electron chi connectivity index (χ0n) is 8.24. The Bertz CT molecular complexity index is 436. The second kappa shape index (κ2) is 4.75. The van der Waals surface area contributed by atoms with Gasteiger partial charge in [-0.1, -0.05) is 23.7 Å². The van der Waals surface area contributed by atoms with Crippen molar-refractivity contribution in [3.05, 3.63) is 39.7 Å². The molecule has 2 rings (SSSR count). The van der Waals surface area contributed by atoms with E-state index in [2.05, 4.69) is 16.1 Å². The van der Waals surface area contributed by atoms with Crippen LogP contribution < -0.4 is 5.73 Å². The zero-order valence-corrected chi connectivity index (χ0v) is 9.81. The summed E-state index contributed by atoms with van der Waals surface area (Å²) < 4.78 is 0. The number of aromatic nitrogens is 1. The molecule has 1 heterocycles. The van der Waals surface area contributed by atoms with E-state index >= 15 is 0 Å². The summed E-state index contributed by atoms with van der Waals surface area (Å²) in [4.78, 5) is 4.54. The van der Waals surface area contributed by atoms with Crippen LogP contribution in [0.4, 0.5) is 0 Å². The first-order chi connectivity index (χ1) is 7.29. The molecule has 0 spiro atoms. The molecule has 0 saturated heterocycles. The third-order valence-electron chi connectivity index (χ3n) is 2.08. The van der Waals surface area contributed by atoms with Gasteiger partial charge in [-0.25, -0.2) is 4.98 Å². The van der Waals surface area contributed by atoms with Gasteiger partial charge in [0, 0.05) is 22.4 Å². The molecule has 0 radical (unpaired) electrons. The van der Waals surface area contributed by atoms with Crippen LogP contribution in [0.1, 0.15) is 5.01 Å². The standard InChI is InChI=1S/C11H11ClN2S/c12-9-3-1-8(2-4-9)10-7-15-11(14-10)5-6-13/h1-4,7H,5-6,13H2/p+1. The van der Waals surface area contributed by atoms with Crippen LogP contribution in [-0.2, 0) is 6.42 Å². The average Bonchev–Trinajstić information content (AvgIpc) is 2.68. The van der Waals surface area contributed by atoms with Crippen LogP contribution in [0.5, 0.6) is 0 Å². The van der Waals surface area contributed by atoms with Crippen molar-refractivity contribution < 1.29 is 5.73 Å². The maximum atomic E-state index is 5.83. The van der Waals surface area contributed by atoms with Crippen LogP contribution >= 0.6 is 22.9 Å². The highest BCUT2D eigenvalue weighted by Gasteiger charge is 2.04. The maximum Gasteiger partial charge on any atom is 0.0988 e. The minimum absolute atomic E-state index is 0.756. The van der Waals surface area contributed by atoms with E-state index in [1.807, 2.05) is 24.3 Å². The van der Waals surface area contributed by atoms with Gasteiger partial charge in [0.25, 0.3) is 0 Å². The summed E-state index contributed by atoms with van der Waals surface area (Å²) >= 11 is 7.52. The van der Waals surface area contributed by atoms with Gasteiger partial charge < -0.3 is 5.73 Å². The van der Waals surface area contributed by atoms with Gasteiger partial charge in [0.2, 0.25) is 0 Å². The molecule has 0 aliphatic carbocycles. The van der Waals surface area contributed by atoms with E-state index in [1.165, 1.54) is 0 Å². The van der Waals surface area contributed by atoms with Crippen molar-refractivity contribution in [2.75, 3.05) is 6.54 Å². The normalized spacial score (nSPS) is 10.5. The van der Waals surface area contributed by atoms with Gasteiger partial charge in [0.1, 0.15) is 0 Å². The van der Waals surface area contributed by atoms with Crippen LogP contribution in [0.15, 0.2) is 29.6 Å². The number of nitrogens with zero attached hydrogens (tertiary/aromatic N) is 1. The van der Waals surface area contributed by atoms with Crippen molar-refractivity contribution >= 4 is 22.9 Å². The summed E-state index contributed by atoms with van der Waals surface area (Å²) in [6.45, 7) is 0.896. The summed E-state index contributed by atoms with van der Waals surface area (Å²) in [5, 5.41) is 3.98. The monoisotopic (exact) mass is 239 g/mol. The van der Waals surface area contributed by atoms with Crippen LogP contribution in [0.25, 0.3) is 11.3 Å². The first-order valence-electron chi connectivity index (χ1n) is 4.79. The fourth-order valence-corrected chi connectivity index (χ4v) is 2.31. The van der Waals surface area contributed by atoms with Gasteiger partial charge in [0.15, 0.2) is 0 Å². The van der Waals surface area contributed by atoms with Gasteiger partial charge in [0.05, 0.1) is 17.2 Å². The van der Waals surface area contributed by atoms with E-state index in [-0.39, 0.29) is 0 Å². The first kappa shape index (κ1) is 10.6. The molecule has 1 aromatic heterocycles. The summed E-state index contributed by atoms with van der Waals surface area (Å²) in [6, 6.07) is 7.76. The molecule has 0 saturated carbocycles. The molecule has 0 amide bonds. The molecule has 78 valence electrons. The lowest BCUT2D eigenvalue weighted by Crippen LogP contribution is -2.51. The highest BCUT2D eigenvalue weighted by molar-refractivity contribution is 7.09. The van der Waals surface area contributed by atoms with Crippen molar-refractivity contribution in [3.63, 3.8) is 0 Å². The largest absolute Gasteiger partial charge is 0.357 e. The fourth-order valence-electron chi connectivity index (χ4n) is 1.33. The molecular formula is C11H12ClN2S+. The number of halogens is 1. The predicted octanol–water partition coefficient (Wildman–Crippen LogP) is 2.25. The molecule has 0 bridgehead atoms. The van der Waals surface area contributed by atoms with E-state index < -0.39 is 0 Å². The van der Waals surface area contributed by atoms with Crippen molar-refractivity contribution in [2.45, 2.75) is 6.42 Å². The molecule has 0 aliphatic rings. The average molecular weight is 240 g/mol. The maximum absolute atomic E-state index is 5.83. The van der Waals surface area contributed by atoms with E-state index in [0.29, 0.717) is 0 Å². The number of hydrogen-bond acceptors (Lipinski definition) is 2. The lowest BCUT2D eigenvalue weighted by molar-refractivity contribution is -0.366. The fraction of sp³-hybridized carbons (Fsp3) is 0.182. The number of benzene rings is 1. The Labute approximate surface area is 97.7 Å². The second-order valence-electron chi connectivity index (χ2n) is 3.24. The van der Waals surface area contributed by atoms with Crippen LogP contribution in [0.3, 0.4) is 0 Å². The Kier molecular flexibility index (Phi) is 3.36. The van der Waals surface area contributed by atoms with E-state index in [9.17, 15) is 0 Å². The molecule has 3 N–H and O–H groups in total. The molecule has 1 aromatic carbocycles. The predicted molar refractivity (Wildman–Crippen MR) is 64.0 cm³/mol. The molecular weight excluding hydrogens is 228 g/mol. The van der Waals surface area contributed by atoms with Crippen molar-refractivity contribution in [1.82, 2.24) is 4.98 Å². The molecule has 4 heteroatoms. The second-order valence-corrected chi connectivity index (χ2v) is 4.62. The van der Waals surface area contributed by atoms with Crippen LogP contribution in [-0.4, -0.2) is 11.5 Å². The summed E-state index contributed by atoms with van der Waals surface area (Å²) in [6.07, 6.45) is 0.957. The van der Waals surface area contributed by atoms with Gasteiger partial charge in [-0.2, -0.15) is 0 Å². The van der Waals surface area contributed by atoms with Crippen LogP contribution in [0, 0.1) is 0 Å². The van der Waals surface area contributed by atoms with E-state index in [4.69, 9.17) is 11.6 Å². The molecule has 0 aliphatic heterocycles. The van der Waals surface area contributed by atoms with Crippen LogP contribution in [0.2, 0.25) is 5.02 Å². The number of quaternary nitrogens is 1. The van der Waals surface area contributed by atoms with Crippen molar-refractivity contribution in [1.29, 1.82) is 0 Å².